The summed E-state index contributed by atoms with van der Waals surface area (Å²) in [7, 11) is 0. The molecular weight excluding hydrogens is 488 g/mol. The molecule has 1 fully saturated rings. The molecule has 10 heteroatoms. The second-order valence-corrected chi connectivity index (χ2v) is 10.9. The predicted molar refractivity (Wildman–Crippen MR) is 134 cm³/mol. The number of ether oxygens (including phenoxy) is 2. The lowest BCUT2D eigenvalue weighted by Gasteiger charge is -2.34. The second kappa shape index (κ2) is 11.6. The van der Waals surface area contributed by atoms with E-state index in [0.717, 1.165) is 5.56 Å². The summed E-state index contributed by atoms with van der Waals surface area (Å²) in [6.07, 6.45) is -0.260. The minimum absolute atomic E-state index is 0.0523. The maximum atomic E-state index is 13.8. The number of rotatable bonds is 8. The second-order valence-electron chi connectivity index (χ2n) is 10.5. The van der Waals surface area contributed by atoms with Crippen LogP contribution in [-0.4, -0.2) is 66.1 Å². The number of halogens is 1. The van der Waals surface area contributed by atoms with E-state index in [1.165, 1.54) is 6.92 Å². The standard InChI is InChI=1S/C26H35ClN2O7/c1-16-20-12-19(27)5-6-21(20)29(14-26(3,4)15-35-17(2)30)25(34)22(36-16)13-23(31)28-9-7-18(8-10-28)11-24(32)33/h5-6,12,16,18,22H,7-11,13-15H2,1-4H3,(H,32,33)/t16-,22?/m1/s1. The molecule has 0 aliphatic carbocycles. The molecule has 2 atom stereocenters. The van der Waals surface area contributed by atoms with Crippen molar-refractivity contribution in [1.29, 1.82) is 0 Å². The highest BCUT2D eigenvalue weighted by Crippen LogP contribution is 2.38. The molecule has 2 aliphatic heterocycles. The van der Waals surface area contributed by atoms with E-state index in [9.17, 15) is 19.2 Å². The Morgan fingerprint density at radius 1 is 1.19 bits per heavy atom. The maximum absolute atomic E-state index is 13.8. The van der Waals surface area contributed by atoms with Gasteiger partial charge in [-0.1, -0.05) is 25.4 Å². The molecule has 0 spiro atoms. The number of likely N-dealkylation sites (tertiary alicyclic amines) is 1. The minimum atomic E-state index is -1.00. The monoisotopic (exact) mass is 522 g/mol. The van der Waals surface area contributed by atoms with E-state index < -0.39 is 29.6 Å². The van der Waals surface area contributed by atoms with E-state index in [4.69, 9.17) is 26.2 Å². The van der Waals surface area contributed by atoms with Gasteiger partial charge in [0.1, 0.15) is 6.10 Å². The number of anilines is 1. The normalized spacial score (nSPS) is 21.1. The summed E-state index contributed by atoms with van der Waals surface area (Å²) in [5.41, 5.74) is 0.827. The molecule has 1 aromatic carbocycles. The van der Waals surface area contributed by atoms with Crippen molar-refractivity contribution in [3.63, 3.8) is 0 Å². The highest BCUT2D eigenvalue weighted by Gasteiger charge is 2.39. The topological polar surface area (TPSA) is 113 Å². The van der Waals surface area contributed by atoms with Crippen LogP contribution in [0.3, 0.4) is 0 Å². The molecule has 0 bridgehead atoms. The van der Waals surface area contributed by atoms with Crippen molar-refractivity contribution in [3.05, 3.63) is 28.8 Å². The van der Waals surface area contributed by atoms with Crippen LogP contribution >= 0.6 is 11.6 Å². The van der Waals surface area contributed by atoms with E-state index in [-0.39, 0.29) is 43.7 Å². The summed E-state index contributed by atoms with van der Waals surface area (Å²) in [5.74, 6) is -1.71. The van der Waals surface area contributed by atoms with Gasteiger partial charge in [-0.15, -0.1) is 0 Å². The smallest absolute Gasteiger partial charge is 0.303 e. The van der Waals surface area contributed by atoms with Gasteiger partial charge in [-0.3, -0.25) is 19.2 Å². The number of benzene rings is 1. The SMILES string of the molecule is CC(=O)OCC(C)(C)CN1C(=O)C(CC(=O)N2CCC(CC(=O)O)CC2)O[C@H](C)c2cc(Cl)ccc21. The third-order valence-electron chi connectivity index (χ3n) is 6.67. The van der Waals surface area contributed by atoms with Crippen LogP contribution in [-0.2, 0) is 28.7 Å². The van der Waals surface area contributed by atoms with Crippen molar-refractivity contribution in [3.8, 4) is 0 Å². The minimum Gasteiger partial charge on any atom is -0.481 e. The van der Waals surface area contributed by atoms with Gasteiger partial charge in [-0.2, -0.15) is 0 Å². The number of esters is 1. The van der Waals surface area contributed by atoms with Crippen LogP contribution in [0.25, 0.3) is 0 Å². The first kappa shape index (κ1) is 27.9. The molecule has 3 rings (SSSR count). The number of carbonyl (C=O) groups excluding carboxylic acids is 3. The van der Waals surface area contributed by atoms with Crippen LogP contribution in [0.15, 0.2) is 18.2 Å². The molecule has 198 valence electrons. The number of piperidine rings is 1. The third kappa shape index (κ3) is 7.20. The third-order valence-corrected chi connectivity index (χ3v) is 6.91. The van der Waals surface area contributed by atoms with Crippen molar-refractivity contribution < 1.29 is 33.8 Å². The molecule has 1 N–H and O–H groups in total. The van der Waals surface area contributed by atoms with Crippen LogP contribution < -0.4 is 4.90 Å². The van der Waals surface area contributed by atoms with Crippen LogP contribution in [0.5, 0.6) is 0 Å². The number of aliphatic carboxylic acids is 1. The molecule has 2 aliphatic rings. The number of fused-ring (bicyclic) bond motifs is 1. The lowest BCUT2D eigenvalue weighted by Crippen LogP contribution is -2.48. The summed E-state index contributed by atoms with van der Waals surface area (Å²) in [6.45, 7) is 8.25. The fourth-order valence-corrected chi connectivity index (χ4v) is 4.94. The Labute approximate surface area is 216 Å². The van der Waals surface area contributed by atoms with Gasteiger partial charge in [0.25, 0.3) is 5.91 Å². The Morgan fingerprint density at radius 2 is 1.86 bits per heavy atom. The number of hydrogen-bond donors (Lipinski definition) is 1. The zero-order valence-corrected chi connectivity index (χ0v) is 22.0. The van der Waals surface area contributed by atoms with Gasteiger partial charge in [0.2, 0.25) is 5.91 Å². The summed E-state index contributed by atoms with van der Waals surface area (Å²) in [5, 5.41) is 9.53. The zero-order valence-electron chi connectivity index (χ0n) is 21.3. The predicted octanol–water partition coefficient (Wildman–Crippen LogP) is 3.83. The van der Waals surface area contributed by atoms with E-state index in [0.29, 0.717) is 36.6 Å². The Balaban J connectivity index is 1.79. The number of hydrogen-bond acceptors (Lipinski definition) is 6. The fraction of sp³-hybridized carbons (Fsp3) is 0.615. The van der Waals surface area contributed by atoms with Crippen LogP contribution in [0.1, 0.15) is 65.0 Å². The first-order valence-corrected chi connectivity index (χ1v) is 12.6. The zero-order chi connectivity index (χ0) is 26.6. The Kier molecular flexibility index (Phi) is 9.00. The molecular formula is C26H35ClN2O7. The Morgan fingerprint density at radius 3 is 2.47 bits per heavy atom. The average Bonchev–Trinajstić information content (AvgIpc) is 2.88. The van der Waals surface area contributed by atoms with Crippen molar-refractivity contribution in [1.82, 2.24) is 4.90 Å². The number of nitrogens with zero attached hydrogens (tertiary/aromatic N) is 2. The largest absolute Gasteiger partial charge is 0.481 e. The highest BCUT2D eigenvalue weighted by atomic mass is 35.5. The average molecular weight is 523 g/mol. The Bertz CT molecular complexity index is 1000. The van der Waals surface area contributed by atoms with Crippen molar-refractivity contribution in [2.75, 3.05) is 31.1 Å². The summed E-state index contributed by atoms with van der Waals surface area (Å²) >= 11 is 6.25. The first-order chi connectivity index (χ1) is 16.9. The molecule has 1 unspecified atom stereocenters. The van der Waals surface area contributed by atoms with Gasteiger partial charge in [0.05, 0.1) is 19.1 Å². The maximum Gasteiger partial charge on any atom is 0.303 e. The molecule has 9 nitrogen and oxygen atoms in total. The molecule has 0 aromatic heterocycles. The van der Waals surface area contributed by atoms with Gasteiger partial charge in [0, 0.05) is 54.7 Å². The highest BCUT2D eigenvalue weighted by molar-refractivity contribution is 6.30. The molecule has 2 amide bonds. The summed E-state index contributed by atoms with van der Waals surface area (Å²) < 4.78 is 11.3. The van der Waals surface area contributed by atoms with Gasteiger partial charge in [-0.25, -0.2) is 0 Å². The summed E-state index contributed by atoms with van der Waals surface area (Å²) in [4.78, 5) is 52.6. The Hall–Kier alpha value is -2.65. The summed E-state index contributed by atoms with van der Waals surface area (Å²) in [6, 6.07) is 5.24. The molecule has 36 heavy (non-hydrogen) atoms. The van der Waals surface area contributed by atoms with Crippen LogP contribution in [0.2, 0.25) is 5.02 Å². The lowest BCUT2D eigenvalue weighted by molar-refractivity contribution is -0.146. The van der Waals surface area contributed by atoms with E-state index in [1.54, 1.807) is 28.0 Å². The molecule has 1 saturated heterocycles. The van der Waals surface area contributed by atoms with Crippen molar-refractivity contribution >= 4 is 41.0 Å². The first-order valence-electron chi connectivity index (χ1n) is 12.3. The molecule has 1 aromatic rings. The van der Waals surface area contributed by atoms with Crippen LogP contribution in [0.4, 0.5) is 5.69 Å². The van der Waals surface area contributed by atoms with E-state index in [1.807, 2.05) is 20.8 Å². The molecule has 0 saturated carbocycles. The van der Waals surface area contributed by atoms with Gasteiger partial charge in [0.15, 0.2) is 0 Å². The number of carbonyl (C=O) groups is 4. The van der Waals surface area contributed by atoms with Crippen molar-refractivity contribution in [2.45, 2.75) is 65.6 Å². The lowest BCUT2D eigenvalue weighted by atomic mass is 9.92. The number of carboxylic acids is 1. The number of carboxylic acid groups (broad SMARTS) is 1. The van der Waals surface area contributed by atoms with Crippen LogP contribution in [0, 0.1) is 11.3 Å². The molecule has 2 heterocycles. The quantitative estimate of drug-likeness (QED) is 0.516. The molecule has 0 radical (unpaired) electrons. The van der Waals surface area contributed by atoms with E-state index >= 15 is 0 Å². The van der Waals surface area contributed by atoms with Gasteiger partial charge >= 0.3 is 11.9 Å². The van der Waals surface area contributed by atoms with Gasteiger partial charge in [-0.05, 0) is 43.9 Å². The van der Waals surface area contributed by atoms with Crippen molar-refractivity contribution in [2.24, 2.45) is 11.3 Å². The number of amides is 2. The fourth-order valence-electron chi connectivity index (χ4n) is 4.76. The van der Waals surface area contributed by atoms with Gasteiger partial charge < -0.3 is 24.4 Å². The van der Waals surface area contributed by atoms with E-state index in [2.05, 4.69) is 0 Å².